The van der Waals surface area contributed by atoms with Crippen molar-refractivity contribution in [3.63, 3.8) is 0 Å². The van der Waals surface area contributed by atoms with E-state index in [9.17, 15) is 13.2 Å². The van der Waals surface area contributed by atoms with Gasteiger partial charge in [0, 0.05) is 42.5 Å². The van der Waals surface area contributed by atoms with Crippen molar-refractivity contribution in [3.05, 3.63) is 45.9 Å². The van der Waals surface area contributed by atoms with Crippen LogP contribution >= 0.6 is 11.3 Å². The number of morpholine rings is 2. The molecule has 2 fully saturated rings. The van der Waals surface area contributed by atoms with Crippen LogP contribution in [-0.2, 0) is 37.1 Å². The van der Waals surface area contributed by atoms with Crippen molar-refractivity contribution in [2.45, 2.75) is 17.9 Å². The number of ether oxygens (including phenoxy) is 2. The second-order valence-electron chi connectivity index (χ2n) is 8.02. The van der Waals surface area contributed by atoms with Gasteiger partial charge in [-0.25, -0.2) is 13.4 Å². The van der Waals surface area contributed by atoms with Crippen molar-refractivity contribution < 1.29 is 22.7 Å². The first-order chi connectivity index (χ1) is 15.9. The monoisotopic (exact) mass is 492 g/mol. The highest BCUT2D eigenvalue weighted by Gasteiger charge is 2.21. The van der Waals surface area contributed by atoms with Gasteiger partial charge >= 0.3 is 0 Å². The molecular weight excluding hydrogens is 464 g/mol. The first kappa shape index (κ1) is 24.0. The smallest absolute Gasteiger partial charge is 0.190 e. The zero-order chi connectivity index (χ0) is 23.3. The average Bonchev–Trinajstić information content (AvgIpc) is 3.25. The van der Waals surface area contributed by atoms with Crippen LogP contribution in [0, 0.1) is 0 Å². The second-order valence-corrected chi connectivity index (χ2v) is 11.2. The van der Waals surface area contributed by atoms with Crippen molar-refractivity contribution >= 4 is 32.7 Å². The molecule has 0 saturated carbocycles. The number of thiazole rings is 1. The summed E-state index contributed by atoms with van der Waals surface area (Å²) in [5.74, 6) is -0.152. The third kappa shape index (κ3) is 6.67. The number of carbonyl (C=O) groups is 1. The summed E-state index contributed by atoms with van der Waals surface area (Å²) in [4.78, 5) is 21.4. The first-order valence-corrected chi connectivity index (χ1v) is 13.6. The fraction of sp³-hybridized carbons (Fsp3) is 0.500. The minimum absolute atomic E-state index is 0.144. The minimum atomic E-state index is -3.32. The molecule has 1 aromatic carbocycles. The Morgan fingerprint density at radius 2 is 1.70 bits per heavy atom. The van der Waals surface area contributed by atoms with Crippen molar-refractivity contribution in [2.24, 2.45) is 5.10 Å². The molecule has 33 heavy (non-hydrogen) atoms. The zero-order valence-corrected chi connectivity index (χ0v) is 20.2. The van der Waals surface area contributed by atoms with E-state index >= 15 is 0 Å². The van der Waals surface area contributed by atoms with Crippen LogP contribution in [0.3, 0.4) is 0 Å². The Bertz CT molecular complexity index is 1090. The molecule has 2 aliphatic rings. The van der Waals surface area contributed by atoms with Crippen LogP contribution in [0.25, 0.3) is 0 Å². The van der Waals surface area contributed by atoms with Crippen molar-refractivity contribution in [1.82, 2.24) is 14.9 Å². The van der Waals surface area contributed by atoms with E-state index in [0.29, 0.717) is 37.6 Å². The molecule has 2 aromatic rings. The average molecular weight is 493 g/mol. The lowest BCUT2D eigenvalue weighted by Gasteiger charge is -2.25. The number of nitrogens with zero attached hydrogens (tertiary/aromatic N) is 4. The molecule has 0 spiro atoms. The van der Waals surface area contributed by atoms with E-state index in [4.69, 9.17) is 9.47 Å². The molecule has 0 N–H and O–H groups in total. The van der Waals surface area contributed by atoms with E-state index < -0.39 is 9.84 Å². The molecule has 0 atom stereocenters. The van der Waals surface area contributed by atoms with Gasteiger partial charge in [-0.1, -0.05) is 12.1 Å². The summed E-state index contributed by atoms with van der Waals surface area (Å²) in [6.45, 7) is 6.37. The van der Waals surface area contributed by atoms with Gasteiger partial charge in [0.1, 0.15) is 10.7 Å². The first-order valence-electron chi connectivity index (χ1n) is 10.9. The minimum Gasteiger partial charge on any atom is -0.379 e. The lowest BCUT2D eigenvalue weighted by atomic mass is 10.0. The Morgan fingerprint density at radius 3 is 2.33 bits per heavy atom. The number of aromatic nitrogens is 1. The van der Waals surface area contributed by atoms with E-state index in [1.54, 1.807) is 12.1 Å². The van der Waals surface area contributed by atoms with Crippen LogP contribution in [0.2, 0.25) is 0 Å². The molecule has 2 saturated heterocycles. The molecule has 2 aliphatic heterocycles. The van der Waals surface area contributed by atoms with Crippen LogP contribution in [0.5, 0.6) is 0 Å². The van der Waals surface area contributed by atoms with Crippen LogP contribution in [-0.4, -0.2) is 93.7 Å². The van der Waals surface area contributed by atoms with Gasteiger partial charge in [-0.15, -0.1) is 11.3 Å². The number of rotatable bonds is 8. The summed E-state index contributed by atoms with van der Waals surface area (Å²) in [6.07, 6.45) is 3.14. The standard InChI is InChI=1S/C22H28N4O5S2/c1-33(28,29)19-4-2-17(3-5-19)22(24-26-8-12-31-13-9-26)20(27)14-21-23-15-18(32-21)16-25-6-10-30-11-7-25/h2-5,15H,6-14,16H2,1H3/b24-22+. The molecule has 0 amide bonds. The molecule has 178 valence electrons. The third-order valence-electron chi connectivity index (χ3n) is 5.45. The molecule has 9 nitrogen and oxygen atoms in total. The lowest BCUT2D eigenvalue weighted by Crippen LogP contribution is -2.35. The number of benzene rings is 1. The van der Waals surface area contributed by atoms with Gasteiger partial charge in [-0.3, -0.25) is 14.7 Å². The van der Waals surface area contributed by atoms with E-state index in [-0.39, 0.29) is 17.1 Å². The maximum Gasteiger partial charge on any atom is 0.190 e. The summed E-state index contributed by atoms with van der Waals surface area (Å²) in [5, 5.41) is 7.19. The van der Waals surface area contributed by atoms with Gasteiger partial charge in [0.05, 0.1) is 50.8 Å². The maximum absolute atomic E-state index is 13.3. The van der Waals surface area contributed by atoms with Gasteiger partial charge in [0.2, 0.25) is 0 Å². The van der Waals surface area contributed by atoms with E-state index in [0.717, 1.165) is 49.0 Å². The van der Waals surface area contributed by atoms with Gasteiger partial charge in [-0.05, 0) is 12.1 Å². The molecule has 0 bridgehead atoms. The lowest BCUT2D eigenvalue weighted by molar-refractivity contribution is -0.112. The van der Waals surface area contributed by atoms with Gasteiger partial charge < -0.3 is 9.47 Å². The predicted octanol–water partition coefficient (Wildman–Crippen LogP) is 1.23. The van der Waals surface area contributed by atoms with Crippen LogP contribution in [0.4, 0.5) is 0 Å². The highest BCUT2D eigenvalue weighted by atomic mass is 32.2. The summed E-state index contributed by atoms with van der Waals surface area (Å²) >= 11 is 1.54. The van der Waals surface area contributed by atoms with Crippen LogP contribution < -0.4 is 0 Å². The highest BCUT2D eigenvalue weighted by molar-refractivity contribution is 7.90. The normalized spacial score (nSPS) is 18.5. The molecule has 0 aliphatic carbocycles. The summed E-state index contributed by atoms with van der Waals surface area (Å²) in [6, 6.07) is 6.30. The fourth-order valence-corrected chi connectivity index (χ4v) is 5.23. The molecule has 4 rings (SSSR count). The van der Waals surface area contributed by atoms with Crippen molar-refractivity contribution in [3.8, 4) is 0 Å². The van der Waals surface area contributed by atoms with E-state index in [1.165, 1.54) is 23.5 Å². The van der Waals surface area contributed by atoms with E-state index in [1.807, 2.05) is 11.2 Å². The Hall–Kier alpha value is -2.18. The predicted molar refractivity (Wildman–Crippen MR) is 125 cm³/mol. The van der Waals surface area contributed by atoms with Gasteiger partial charge in [0.25, 0.3) is 0 Å². The Balaban J connectivity index is 1.51. The van der Waals surface area contributed by atoms with Crippen molar-refractivity contribution in [1.29, 1.82) is 0 Å². The number of Topliss-reactive ketones (excluding diaryl/α,β-unsaturated/α-hetero) is 1. The molecule has 3 heterocycles. The molecule has 11 heteroatoms. The Labute approximate surface area is 197 Å². The van der Waals surface area contributed by atoms with Gasteiger partial charge in [-0.2, -0.15) is 5.10 Å². The number of sulfone groups is 1. The topological polar surface area (TPSA) is 101 Å². The van der Waals surface area contributed by atoms with E-state index in [2.05, 4.69) is 15.0 Å². The highest BCUT2D eigenvalue weighted by Crippen LogP contribution is 2.19. The van der Waals surface area contributed by atoms with Crippen molar-refractivity contribution in [2.75, 3.05) is 58.9 Å². The summed E-state index contributed by atoms with van der Waals surface area (Å²) in [7, 11) is -3.32. The number of hydrazone groups is 1. The molecule has 1 aromatic heterocycles. The fourth-order valence-electron chi connectivity index (χ4n) is 3.63. The van der Waals surface area contributed by atoms with Gasteiger partial charge in [0.15, 0.2) is 15.6 Å². The third-order valence-corrected chi connectivity index (χ3v) is 7.56. The maximum atomic E-state index is 13.3. The summed E-state index contributed by atoms with van der Waals surface area (Å²) < 4.78 is 34.4. The number of hydrogen-bond donors (Lipinski definition) is 0. The molecule has 0 radical (unpaired) electrons. The van der Waals surface area contributed by atoms with Crippen LogP contribution in [0.15, 0.2) is 40.5 Å². The summed E-state index contributed by atoms with van der Waals surface area (Å²) in [5.41, 5.74) is 0.894. The number of ketones is 1. The number of hydrogen-bond acceptors (Lipinski definition) is 10. The SMILES string of the molecule is CS(=O)(=O)c1ccc(/C(=N\N2CCOCC2)C(=O)Cc2ncc(CN3CCOCC3)s2)cc1. The second kappa shape index (κ2) is 10.8. The Kier molecular flexibility index (Phi) is 7.86. The largest absolute Gasteiger partial charge is 0.379 e. The Morgan fingerprint density at radius 1 is 1.06 bits per heavy atom. The zero-order valence-electron chi connectivity index (χ0n) is 18.6. The quantitative estimate of drug-likeness (QED) is 0.507. The number of carbonyl (C=O) groups excluding carboxylic acids is 1. The molecular formula is C22H28N4O5S2. The van der Waals surface area contributed by atoms with Crippen LogP contribution in [0.1, 0.15) is 15.4 Å². The molecule has 0 unspecified atom stereocenters.